The molecule has 162 valence electrons. The van der Waals surface area contributed by atoms with Gasteiger partial charge in [0.1, 0.15) is 18.8 Å². The number of rotatable bonds is 5. The predicted octanol–water partition coefficient (Wildman–Crippen LogP) is 2.27. The SMILES string of the molecule is C=CC(=O)OC1C2CC3C1OC(=O)C3C2C(=O)OCC(F)(C(F)(F)F)C(F)(F)F. The molecule has 6 unspecified atom stereocenters. The maximum Gasteiger partial charge on any atom is 0.435 e. The number of esters is 3. The van der Waals surface area contributed by atoms with Gasteiger partial charge in [0, 0.05) is 17.9 Å². The van der Waals surface area contributed by atoms with Crippen LogP contribution in [0.5, 0.6) is 0 Å². The zero-order valence-corrected chi connectivity index (χ0v) is 14.3. The van der Waals surface area contributed by atoms with Crippen LogP contribution in [-0.2, 0) is 28.6 Å². The van der Waals surface area contributed by atoms with E-state index in [1.54, 1.807) is 0 Å². The molecule has 2 saturated carbocycles. The predicted molar refractivity (Wildman–Crippen MR) is 75.4 cm³/mol. The molecule has 2 bridgehead atoms. The van der Waals surface area contributed by atoms with Gasteiger partial charge in [0.15, 0.2) is 0 Å². The molecule has 2 aliphatic carbocycles. The van der Waals surface area contributed by atoms with E-state index < -0.39 is 78.4 Å². The van der Waals surface area contributed by atoms with Gasteiger partial charge in [-0.15, -0.1) is 0 Å². The van der Waals surface area contributed by atoms with Gasteiger partial charge in [-0.2, -0.15) is 26.3 Å². The number of carbonyl (C=O) groups excluding carboxylic acids is 3. The summed E-state index contributed by atoms with van der Waals surface area (Å²) in [5.41, 5.74) is -5.78. The van der Waals surface area contributed by atoms with E-state index in [-0.39, 0.29) is 6.42 Å². The minimum Gasteiger partial charge on any atom is -0.461 e. The first-order chi connectivity index (χ1) is 13.2. The second-order valence-electron chi connectivity index (χ2n) is 7.03. The maximum absolute atomic E-state index is 13.7. The second-order valence-corrected chi connectivity index (χ2v) is 7.03. The standard InChI is InChI=1S/C16H13F7O6/c1-2-7(24)28-10-5-3-6-9(13(26)29-11(6)10)8(5)12(25)27-4-14(17,15(18,19)20)16(21,22)23/h2,5-6,8-11H,1,3-4H2. The molecule has 1 saturated heterocycles. The smallest absolute Gasteiger partial charge is 0.435 e. The Bertz CT molecular complexity index is 731. The van der Waals surface area contributed by atoms with E-state index in [0.29, 0.717) is 0 Å². The van der Waals surface area contributed by atoms with Crippen LogP contribution in [0.1, 0.15) is 6.42 Å². The number of hydrogen-bond acceptors (Lipinski definition) is 6. The van der Waals surface area contributed by atoms with Crippen molar-refractivity contribution in [3.05, 3.63) is 12.7 Å². The van der Waals surface area contributed by atoms with Crippen molar-refractivity contribution in [2.45, 2.75) is 36.7 Å². The molecule has 29 heavy (non-hydrogen) atoms. The summed E-state index contributed by atoms with van der Waals surface area (Å²) in [6.45, 7) is 0.511. The van der Waals surface area contributed by atoms with E-state index in [9.17, 15) is 45.1 Å². The van der Waals surface area contributed by atoms with Gasteiger partial charge in [0.2, 0.25) is 0 Å². The molecule has 0 aromatic heterocycles. The van der Waals surface area contributed by atoms with Gasteiger partial charge in [-0.1, -0.05) is 6.58 Å². The van der Waals surface area contributed by atoms with E-state index in [1.165, 1.54) is 0 Å². The Morgan fingerprint density at radius 1 is 1.10 bits per heavy atom. The van der Waals surface area contributed by atoms with Crippen molar-refractivity contribution in [3.63, 3.8) is 0 Å². The fraction of sp³-hybridized carbons (Fsp3) is 0.688. The van der Waals surface area contributed by atoms with Gasteiger partial charge in [-0.25, -0.2) is 9.18 Å². The Labute approximate surface area is 157 Å². The van der Waals surface area contributed by atoms with Crippen LogP contribution >= 0.6 is 0 Å². The van der Waals surface area contributed by atoms with Crippen molar-refractivity contribution in [1.29, 1.82) is 0 Å². The van der Waals surface area contributed by atoms with Gasteiger partial charge in [0.25, 0.3) is 0 Å². The Morgan fingerprint density at radius 3 is 2.21 bits per heavy atom. The largest absolute Gasteiger partial charge is 0.461 e. The topological polar surface area (TPSA) is 78.9 Å². The third-order valence-corrected chi connectivity index (χ3v) is 5.55. The van der Waals surface area contributed by atoms with Crippen LogP contribution in [0.25, 0.3) is 0 Å². The number of ether oxygens (including phenoxy) is 3. The molecule has 3 aliphatic rings. The summed E-state index contributed by atoms with van der Waals surface area (Å²) in [7, 11) is 0. The summed E-state index contributed by atoms with van der Waals surface area (Å²) < 4.78 is 103. The lowest BCUT2D eigenvalue weighted by Crippen LogP contribution is -2.57. The van der Waals surface area contributed by atoms with Crippen molar-refractivity contribution >= 4 is 17.9 Å². The Balaban J connectivity index is 1.79. The van der Waals surface area contributed by atoms with Crippen LogP contribution in [0.4, 0.5) is 30.7 Å². The third-order valence-electron chi connectivity index (χ3n) is 5.55. The molecule has 6 atom stereocenters. The van der Waals surface area contributed by atoms with Crippen molar-refractivity contribution < 1.29 is 59.3 Å². The number of fused-ring (bicyclic) bond motifs is 1. The van der Waals surface area contributed by atoms with Crippen LogP contribution in [0.3, 0.4) is 0 Å². The van der Waals surface area contributed by atoms with Crippen LogP contribution in [0.15, 0.2) is 12.7 Å². The van der Waals surface area contributed by atoms with Gasteiger partial charge >= 0.3 is 35.9 Å². The fourth-order valence-corrected chi connectivity index (χ4v) is 4.24. The summed E-state index contributed by atoms with van der Waals surface area (Å²) in [6.07, 6.45) is -13.9. The van der Waals surface area contributed by atoms with Crippen molar-refractivity contribution in [2.75, 3.05) is 6.61 Å². The van der Waals surface area contributed by atoms with Crippen molar-refractivity contribution in [2.24, 2.45) is 23.7 Å². The summed E-state index contributed by atoms with van der Waals surface area (Å²) in [5.74, 6) is -7.75. The quantitative estimate of drug-likeness (QED) is 0.286. The highest BCUT2D eigenvalue weighted by Gasteiger charge is 2.74. The molecule has 0 N–H and O–H groups in total. The molecule has 1 heterocycles. The molecule has 6 nitrogen and oxygen atoms in total. The first kappa shape index (κ1) is 21.4. The molecule has 13 heteroatoms. The number of alkyl halides is 7. The van der Waals surface area contributed by atoms with Gasteiger partial charge in [0.05, 0.1) is 11.8 Å². The molecule has 1 aliphatic heterocycles. The van der Waals surface area contributed by atoms with E-state index in [1.807, 2.05) is 0 Å². The minimum atomic E-state index is -6.39. The van der Waals surface area contributed by atoms with Crippen LogP contribution < -0.4 is 0 Å². The third kappa shape index (κ3) is 3.14. The highest BCUT2D eigenvalue weighted by molar-refractivity contribution is 5.87. The minimum absolute atomic E-state index is 0.0925. The molecule has 3 rings (SSSR count). The molecule has 0 aromatic carbocycles. The number of carbonyl (C=O) groups is 3. The first-order valence-corrected chi connectivity index (χ1v) is 8.25. The average Bonchev–Trinajstić information content (AvgIpc) is 3.20. The zero-order valence-electron chi connectivity index (χ0n) is 14.3. The van der Waals surface area contributed by atoms with Crippen molar-refractivity contribution in [1.82, 2.24) is 0 Å². The lowest BCUT2D eigenvalue weighted by Gasteiger charge is -2.32. The summed E-state index contributed by atoms with van der Waals surface area (Å²) in [5, 5.41) is 0. The molecule has 0 amide bonds. The maximum atomic E-state index is 13.7. The fourth-order valence-electron chi connectivity index (χ4n) is 4.24. The van der Waals surface area contributed by atoms with Crippen LogP contribution in [0, 0.1) is 23.7 Å². The molecular weight excluding hydrogens is 421 g/mol. The van der Waals surface area contributed by atoms with Gasteiger partial charge < -0.3 is 14.2 Å². The number of hydrogen-bond donors (Lipinski definition) is 0. The van der Waals surface area contributed by atoms with Gasteiger partial charge in [-0.3, -0.25) is 9.59 Å². The monoisotopic (exact) mass is 434 g/mol. The molecule has 0 radical (unpaired) electrons. The Kier molecular flexibility index (Phi) is 4.86. The summed E-state index contributed by atoms with van der Waals surface area (Å²) >= 11 is 0. The molecule has 0 spiro atoms. The van der Waals surface area contributed by atoms with E-state index in [4.69, 9.17) is 9.47 Å². The lowest BCUT2D eigenvalue weighted by molar-refractivity contribution is -0.349. The molecular formula is C16H13F7O6. The highest BCUT2D eigenvalue weighted by atomic mass is 19.4. The second kappa shape index (κ2) is 6.59. The highest BCUT2D eigenvalue weighted by Crippen LogP contribution is 2.59. The van der Waals surface area contributed by atoms with Crippen molar-refractivity contribution in [3.8, 4) is 0 Å². The molecule has 3 fully saturated rings. The average molecular weight is 434 g/mol. The van der Waals surface area contributed by atoms with E-state index >= 15 is 0 Å². The normalized spacial score (nSPS) is 33.4. The zero-order chi connectivity index (χ0) is 21.9. The molecule has 0 aromatic rings. The number of halogens is 7. The summed E-state index contributed by atoms with van der Waals surface area (Å²) in [6, 6.07) is 0. The van der Waals surface area contributed by atoms with E-state index in [2.05, 4.69) is 11.3 Å². The van der Waals surface area contributed by atoms with E-state index in [0.717, 1.165) is 6.08 Å². The van der Waals surface area contributed by atoms with Crippen LogP contribution in [-0.4, -0.2) is 54.7 Å². The first-order valence-electron chi connectivity index (χ1n) is 8.25. The van der Waals surface area contributed by atoms with Crippen LogP contribution in [0.2, 0.25) is 0 Å². The Morgan fingerprint density at radius 2 is 1.69 bits per heavy atom. The summed E-state index contributed by atoms with van der Waals surface area (Å²) in [4.78, 5) is 35.7. The Hall–Kier alpha value is -2.34. The van der Waals surface area contributed by atoms with Gasteiger partial charge in [-0.05, 0) is 6.42 Å². The lowest BCUT2D eigenvalue weighted by atomic mass is 9.78.